The smallest absolute Gasteiger partial charge is 0.251 e. The Bertz CT molecular complexity index is 254. The summed E-state index contributed by atoms with van der Waals surface area (Å²) in [5.74, 6) is -0.297. The molecule has 0 radical (unpaired) electrons. The summed E-state index contributed by atoms with van der Waals surface area (Å²) in [5, 5.41) is 0. The van der Waals surface area contributed by atoms with Crippen LogP contribution in [0, 0.1) is 9.39 Å². The van der Waals surface area contributed by atoms with Gasteiger partial charge in [-0.1, -0.05) is 0 Å². The van der Waals surface area contributed by atoms with E-state index in [1.807, 2.05) is 22.6 Å². The molecular weight excluding hydrogens is 260 g/mol. The molecule has 1 rings (SSSR count). The van der Waals surface area contributed by atoms with Gasteiger partial charge in [-0.15, -0.1) is 0 Å². The first-order valence-corrected chi connectivity index (χ1v) is 4.26. The van der Waals surface area contributed by atoms with Crippen molar-refractivity contribution in [3.05, 3.63) is 21.7 Å². The minimum Gasteiger partial charge on any atom is -0.476 e. The molecule has 2 nitrogen and oxygen atoms in total. The van der Waals surface area contributed by atoms with E-state index in [-0.39, 0.29) is 11.7 Å². The number of ether oxygens (including phenoxy) is 1. The van der Waals surface area contributed by atoms with E-state index in [0.29, 0.717) is 10.2 Å². The van der Waals surface area contributed by atoms with Crippen LogP contribution in [0.4, 0.5) is 4.39 Å². The first-order chi connectivity index (χ1) is 5.25. The van der Waals surface area contributed by atoms with Crippen molar-refractivity contribution in [2.45, 2.75) is 6.92 Å². The predicted octanol–water partition coefficient (Wildman–Crippen LogP) is 2.22. The van der Waals surface area contributed by atoms with Gasteiger partial charge in [-0.2, -0.15) is 4.39 Å². The molecule has 0 amide bonds. The van der Waals surface area contributed by atoms with Crippen LogP contribution in [0.1, 0.15) is 6.92 Å². The molecular formula is C7H7FINO. The molecule has 0 saturated carbocycles. The Morgan fingerprint density at radius 2 is 2.45 bits per heavy atom. The van der Waals surface area contributed by atoms with Crippen molar-refractivity contribution in [1.82, 2.24) is 4.98 Å². The van der Waals surface area contributed by atoms with Gasteiger partial charge in [0.2, 0.25) is 0 Å². The first kappa shape index (κ1) is 8.70. The molecule has 0 bridgehead atoms. The fourth-order valence-electron chi connectivity index (χ4n) is 0.640. The Hall–Kier alpha value is -0.390. The van der Waals surface area contributed by atoms with Gasteiger partial charge >= 0.3 is 0 Å². The first-order valence-electron chi connectivity index (χ1n) is 3.18. The minimum atomic E-state index is -0.380. The number of pyridine rings is 1. The molecule has 4 heteroatoms. The van der Waals surface area contributed by atoms with Gasteiger partial charge in [-0.05, 0) is 35.6 Å². The molecule has 11 heavy (non-hydrogen) atoms. The minimum absolute atomic E-state index is 0.0828. The largest absolute Gasteiger partial charge is 0.476 e. The van der Waals surface area contributed by atoms with Gasteiger partial charge < -0.3 is 4.74 Å². The summed E-state index contributed by atoms with van der Waals surface area (Å²) in [6.45, 7) is 2.23. The summed E-state index contributed by atoms with van der Waals surface area (Å²) in [5.41, 5.74) is 0. The number of hydrogen-bond acceptors (Lipinski definition) is 2. The van der Waals surface area contributed by atoms with Gasteiger partial charge in [0.25, 0.3) is 5.88 Å². The topological polar surface area (TPSA) is 22.1 Å². The van der Waals surface area contributed by atoms with E-state index in [4.69, 9.17) is 4.74 Å². The lowest BCUT2D eigenvalue weighted by Gasteiger charge is -2.02. The molecule has 1 aromatic heterocycles. The molecule has 0 atom stereocenters. The Morgan fingerprint density at radius 3 is 3.09 bits per heavy atom. The SMILES string of the molecule is CCOc1nccc(I)c1F. The maximum absolute atomic E-state index is 13.0. The van der Waals surface area contributed by atoms with Crippen LogP contribution in [0.2, 0.25) is 0 Å². The molecule has 0 aliphatic heterocycles. The van der Waals surface area contributed by atoms with E-state index < -0.39 is 0 Å². The molecule has 0 fully saturated rings. The van der Waals surface area contributed by atoms with Gasteiger partial charge in [0.15, 0.2) is 5.82 Å². The van der Waals surface area contributed by atoms with Crippen LogP contribution < -0.4 is 4.74 Å². The highest BCUT2D eigenvalue weighted by atomic mass is 127. The Morgan fingerprint density at radius 1 is 1.73 bits per heavy atom. The van der Waals surface area contributed by atoms with Crippen LogP contribution in [-0.2, 0) is 0 Å². The third kappa shape index (κ3) is 2.02. The lowest BCUT2D eigenvalue weighted by atomic mass is 10.5. The average molecular weight is 267 g/mol. The third-order valence-electron chi connectivity index (χ3n) is 1.09. The van der Waals surface area contributed by atoms with Crippen molar-refractivity contribution in [1.29, 1.82) is 0 Å². The van der Waals surface area contributed by atoms with E-state index in [1.165, 1.54) is 6.20 Å². The van der Waals surface area contributed by atoms with Crippen LogP contribution in [-0.4, -0.2) is 11.6 Å². The maximum atomic E-state index is 13.0. The molecule has 0 aliphatic rings. The molecule has 0 saturated heterocycles. The normalized spacial score (nSPS) is 9.73. The fraction of sp³-hybridized carbons (Fsp3) is 0.286. The second-order valence-corrected chi connectivity index (χ2v) is 3.01. The van der Waals surface area contributed by atoms with Crippen molar-refractivity contribution >= 4 is 22.6 Å². The summed E-state index contributed by atoms with van der Waals surface area (Å²) < 4.78 is 18.4. The van der Waals surface area contributed by atoms with Gasteiger partial charge in [0.1, 0.15) is 0 Å². The summed E-state index contributed by atoms with van der Waals surface area (Å²) in [4.78, 5) is 3.73. The zero-order valence-electron chi connectivity index (χ0n) is 5.97. The summed E-state index contributed by atoms with van der Waals surface area (Å²) in [6, 6.07) is 1.60. The van der Waals surface area contributed by atoms with Crippen molar-refractivity contribution in [3.63, 3.8) is 0 Å². The molecule has 60 valence electrons. The standard InChI is InChI=1S/C7H7FINO/c1-2-11-7-6(8)5(9)3-4-10-7/h3-4H,2H2,1H3. The summed E-state index contributed by atoms with van der Waals surface area (Å²) >= 11 is 1.89. The predicted molar refractivity (Wildman–Crippen MR) is 48.1 cm³/mol. The number of nitrogens with zero attached hydrogens (tertiary/aromatic N) is 1. The number of rotatable bonds is 2. The van der Waals surface area contributed by atoms with Crippen molar-refractivity contribution in [2.75, 3.05) is 6.61 Å². The molecule has 0 unspecified atom stereocenters. The monoisotopic (exact) mass is 267 g/mol. The van der Waals surface area contributed by atoms with Crippen LogP contribution in [0.5, 0.6) is 5.88 Å². The highest BCUT2D eigenvalue weighted by molar-refractivity contribution is 14.1. The van der Waals surface area contributed by atoms with Gasteiger partial charge in [0, 0.05) is 6.20 Å². The van der Waals surface area contributed by atoms with E-state index in [9.17, 15) is 4.39 Å². The Labute approximate surface area is 77.9 Å². The molecule has 0 spiro atoms. The van der Waals surface area contributed by atoms with E-state index >= 15 is 0 Å². The van der Waals surface area contributed by atoms with Gasteiger partial charge in [0.05, 0.1) is 10.2 Å². The summed E-state index contributed by atoms with van der Waals surface area (Å²) in [7, 11) is 0. The average Bonchev–Trinajstić information content (AvgIpc) is 1.99. The number of hydrogen-bond donors (Lipinski definition) is 0. The third-order valence-corrected chi connectivity index (χ3v) is 1.92. The lowest BCUT2D eigenvalue weighted by molar-refractivity contribution is 0.306. The molecule has 0 aliphatic carbocycles. The fourth-order valence-corrected chi connectivity index (χ4v) is 1.03. The second kappa shape index (κ2) is 3.85. The van der Waals surface area contributed by atoms with Crippen LogP contribution in [0.3, 0.4) is 0 Å². The van der Waals surface area contributed by atoms with E-state index in [1.54, 1.807) is 13.0 Å². The van der Waals surface area contributed by atoms with E-state index in [0.717, 1.165) is 0 Å². The van der Waals surface area contributed by atoms with Crippen LogP contribution >= 0.6 is 22.6 Å². The molecule has 0 N–H and O–H groups in total. The molecule has 1 heterocycles. The van der Waals surface area contributed by atoms with Crippen LogP contribution in [0.25, 0.3) is 0 Å². The zero-order valence-corrected chi connectivity index (χ0v) is 8.13. The van der Waals surface area contributed by atoms with Crippen molar-refractivity contribution in [2.24, 2.45) is 0 Å². The van der Waals surface area contributed by atoms with Gasteiger partial charge in [-0.3, -0.25) is 0 Å². The van der Waals surface area contributed by atoms with Crippen LogP contribution in [0.15, 0.2) is 12.3 Å². The van der Waals surface area contributed by atoms with Crippen molar-refractivity contribution in [3.8, 4) is 5.88 Å². The Balaban J connectivity index is 2.96. The second-order valence-electron chi connectivity index (χ2n) is 1.84. The van der Waals surface area contributed by atoms with E-state index in [2.05, 4.69) is 4.98 Å². The lowest BCUT2D eigenvalue weighted by Crippen LogP contribution is -1.98. The highest BCUT2D eigenvalue weighted by Gasteiger charge is 2.06. The highest BCUT2D eigenvalue weighted by Crippen LogP contribution is 2.18. The summed E-state index contributed by atoms with van der Waals surface area (Å²) in [6.07, 6.45) is 1.52. The quantitative estimate of drug-likeness (QED) is 0.766. The molecule has 0 aromatic carbocycles. The Kier molecular flexibility index (Phi) is 3.04. The number of aromatic nitrogens is 1. The van der Waals surface area contributed by atoms with Gasteiger partial charge in [-0.25, -0.2) is 4.98 Å². The zero-order chi connectivity index (χ0) is 8.27. The molecule has 1 aromatic rings. The van der Waals surface area contributed by atoms with Crippen molar-refractivity contribution < 1.29 is 9.13 Å². The number of halogens is 2. The maximum Gasteiger partial charge on any atom is 0.251 e.